The van der Waals surface area contributed by atoms with Gasteiger partial charge < -0.3 is 15.0 Å². The Labute approximate surface area is 168 Å². The molecule has 0 aromatic carbocycles. The summed E-state index contributed by atoms with van der Waals surface area (Å²) in [4.78, 5) is 38.6. The third-order valence-electron chi connectivity index (χ3n) is 4.39. The topological polar surface area (TPSA) is 75.7 Å². The fraction of sp³-hybridized carbons (Fsp3) is 0.850. The molecule has 0 aromatic heterocycles. The zero-order valence-electron chi connectivity index (χ0n) is 17.7. The second-order valence-corrected chi connectivity index (χ2v) is 9.97. The van der Waals surface area contributed by atoms with Gasteiger partial charge in [0.25, 0.3) is 0 Å². The zero-order chi connectivity index (χ0) is 20.6. The molecule has 1 heterocycles. The van der Waals surface area contributed by atoms with Gasteiger partial charge in [-0.1, -0.05) is 34.6 Å². The van der Waals surface area contributed by atoms with Crippen molar-refractivity contribution in [2.24, 2.45) is 11.3 Å². The minimum atomic E-state index is -0.656. The van der Waals surface area contributed by atoms with Crippen LogP contribution in [0.4, 0.5) is 0 Å². The van der Waals surface area contributed by atoms with E-state index in [1.54, 1.807) is 11.8 Å². The molecule has 156 valence electrons. The maximum atomic E-state index is 12.4. The molecule has 0 saturated carbocycles. The summed E-state index contributed by atoms with van der Waals surface area (Å²) in [6, 6.07) is -0.444. The van der Waals surface area contributed by atoms with Gasteiger partial charge in [-0.25, -0.2) is 4.79 Å². The molecule has 1 rings (SSSR count). The van der Waals surface area contributed by atoms with E-state index in [-0.39, 0.29) is 23.3 Å². The van der Waals surface area contributed by atoms with Crippen LogP contribution in [-0.4, -0.2) is 59.9 Å². The maximum Gasteiger partial charge on any atom is 0.329 e. The van der Waals surface area contributed by atoms with Gasteiger partial charge in [0.15, 0.2) is 0 Å². The molecule has 1 aliphatic rings. The summed E-state index contributed by atoms with van der Waals surface area (Å²) in [5.41, 5.74) is -0.140. The van der Waals surface area contributed by atoms with Gasteiger partial charge in [-0.05, 0) is 24.2 Å². The summed E-state index contributed by atoms with van der Waals surface area (Å²) >= 11 is 1.59. The lowest BCUT2D eigenvalue weighted by molar-refractivity contribution is -0.144. The van der Waals surface area contributed by atoms with Gasteiger partial charge in [-0.3, -0.25) is 9.59 Å². The molecule has 2 atom stereocenters. The third kappa shape index (κ3) is 9.00. The van der Waals surface area contributed by atoms with Crippen molar-refractivity contribution in [3.05, 3.63) is 0 Å². The Kier molecular flexibility index (Phi) is 9.63. The summed E-state index contributed by atoms with van der Waals surface area (Å²) in [5.74, 6) is 1.22. The summed E-state index contributed by atoms with van der Waals surface area (Å²) in [5, 5.41) is 2.79. The predicted octanol–water partition coefficient (Wildman–Crippen LogP) is 2.85. The maximum absolute atomic E-state index is 12.4. The molecule has 0 aromatic rings. The molecule has 1 unspecified atom stereocenters. The smallest absolute Gasteiger partial charge is 0.329 e. The van der Waals surface area contributed by atoms with Gasteiger partial charge >= 0.3 is 5.97 Å². The van der Waals surface area contributed by atoms with Crippen molar-refractivity contribution in [1.82, 2.24) is 10.2 Å². The molecular formula is C20H36N2O4S. The average molecular weight is 401 g/mol. The van der Waals surface area contributed by atoms with Gasteiger partial charge in [0, 0.05) is 36.9 Å². The second kappa shape index (κ2) is 10.9. The summed E-state index contributed by atoms with van der Waals surface area (Å²) in [6.07, 6.45) is 2.95. The van der Waals surface area contributed by atoms with Crippen LogP contribution in [0.1, 0.15) is 60.3 Å². The number of hydrogen-bond donors (Lipinski definition) is 1. The van der Waals surface area contributed by atoms with Crippen molar-refractivity contribution in [2.45, 2.75) is 72.4 Å². The molecule has 1 aliphatic heterocycles. The van der Waals surface area contributed by atoms with Crippen LogP contribution in [0.3, 0.4) is 0 Å². The van der Waals surface area contributed by atoms with Crippen LogP contribution < -0.4 is 5.32 Å². The number of ether oxygens (including phenoxy) is 1. The molecule has 0 radical (unpaired) electrons. The molecule has 1 saturated heterocycles. The summed E-state index contributed by atoms with van der Waals surface area (Å²) in [7, 11) is 1.33. The quantitative estimate of drug-likeness (QED) is 0.602. The number of esters is 1. The van der Waals surface area contributed by atoms with Gasteiger partial charge in [0.1, 0.15) is 6.04 Å². The van der Waals surface area contributed by atoms with Crippen molar-refractivity contribution >= 4 is 29.5 Å². The number of nitrogens with zero attached hydrogens (tertiary/aromatic N) is 1. The first kappa shape index (κ1) is 23.8. The first-order valence-corrected chi connectivity index (χ1v) is 10.9. The number of methoxy groups -OCH3 is 1. The normalized spacial score (nSPS) is 18.5. The number of hydrogen-bond acceptors (Lipinski definition) is 5. The SMILES string of the molecule is COC(=O)C(CSC[C@@H]1CCCN1C(=O)CC(C)C)NC(=O)CC(C)(C)C. The van der Waals surface area contributed by atoms with E-state index in [2.05, 4.69) is 19.2 Å². The molecule has 0 bridgehead atoms. The standard InChI is InChI=1S/C20H36N2O4S/c1-14(2)10-18(24)22-9-7-8-15(22)12-27-13-16(19(25)26-6)21-17(23)11-20(3,4)5/h14-16H,7-13H2,1-6H3,(H,21,23)/t15-,16?/m0/s1. The van der Waals surface area contributed by atoms with E-state index < -0.39 is 12.0 Å². The monoisotopic (exact) mass is 400 g/mol. The summed E-state index contributed by atoms with van der Waals surface area (Å²) in [6.45, 7) is 10.9. The van der Waals surface area contributed by atoms with Crippen molar-refractivity contribution in [1.29, 1.82) is 0 Å². The van der Waals surface area contributed by atoms with E-state index in [0.29, 0.717) is 24.5 Å². The van der Waals surface area contributed by atoms with E-state index in [1.807, 2.05) is 25.7 Å². The third-order valence-corrected chi connectivity index (χ3v) is 5.58. The van der Waals surface area contributed by atoms with Crippen LogP contribution in [0.2, 0.25) is 0 Å². The predicted molar refractivity (Wildman–Crippen MR) is 110 cm³/mol. The van der Waals surface area contributed by atoms with Crippen molar-refractivity contribution < 1.29 is 19.1 Å². The van der Waals surface area contributed by atoms with Crippen LogP contribution in [0.25, 0.3) is 0 Å². The molecule has 1 fully saturated rings. The molecule has 7 heteroatoms. The molecule has 6 nitrogen and oxygen atoms in total. The highest BCUT2D eigenvalue weighted by Gasteiger charge is 2.30. The zero-order valence-corrected chi connectivity index (χ0v) is 18.5. The number of rotatable bonds is 9. The van der Waals surface area contributed by atoms with Gasteiger partial charge in [0.05, 0.1) is 7.11 Å². The van der Waals surface area contributed by atoms with Crippen molar-refractivity contribution in [3.63, 3.8) is 0 Å². The van der Waals surface area contributed by atoms with Gasteiger partial charge in [-0.15, -0.1) is 0 Å². The number of carbonyl (C=O) groups excluding carboxylic acids is 3. The number of thioether (sulfide) groups is 1. The Bertz CT molecular complexity index is 517. The van der Waals surface area contributed by atoms with Crippen LogP contribution in [0.15, 0.2) is 0 Å². The Morgan fingerprint density at radius 3 is 2.48 bits per heavy atom. The summed E-state index contributed by atoms with van der Waals surface area (Å²) < 4.78 is 4.84. The fourth-order valence-electron chi connectivity index (χ4n) is 3.16. The Morgan fingerprint density at radius 2 is 1.93 bits per heavy atom. The second-order valence-electron chi connectivity index (χ2n) is 8.90. The lowest BCUT2D eigenvalue weighted by atomic mass is 9.92. The van der Waals surface area contributed by atoms with Gasteiger partial charge in [-0.2, -0.15) is 11.8 Å². The number of carbonyl (C=O) groups is 3. The Hall–Kier alpha value is -1.24. The van der Waals surface area contributed by atoms with Crippen LogP contribution >= 0.6 is 11.8 Å². The van der Waals surface area contributed by atoms with Crippen LogP contribution in [-0.2, 0) is 19.1 Å². The van der Waals surface area contributed by atoms with E-state index in [9.17, 15) is 14.4 Å². The van der Waals surface area contributed by atoms with Crippen molar-refractivity contribution in [3.8, 4) is 0 Å². The molecular weight excluding hydrogens is 364 g/mol. The number of likely N-dealkylation sites (tertiary alicyclic amines) is 1. The number of amides is 2. The van der Waals surface area contributed by atoms with Crippen molar-refractivity contribution in [2.75, 3.05) is 25.2 Å². The Morgan fingerprint density at radius 1 is 1.26 bits per heavy atom. The minimum absolute atomic E-state index is 0.140. The van der Waals surface area contributed by atoms with E-state index >= 15 is 0 Å². The highest BCUT2D eigenvalue weighted by atomic mass is 32.2. The van der Waals surface area contributed by atoms with E-state index in [4.69, 9.17) is 4.74 Å². The fourth-order valence-corrected chi connectivity index (χ4v) is 4.37. The molecule has 1 N–H and O–H groups in total. The highest BCUT2D eigenvalue weighted by molar-refractivity contribution is 7.99. The first-order chi connectivity index (χ1) is 12.5. The first-order valence-electron chi connectivity index (χ1n) is 9.78. The Balaban J connectivity index is 2.54. The average Bonchev–Trinajstić information content (AvgIpc) is 2.99. The van der Waals surface area contributed by atoms with Crippen LogP contribution in [0, 0.1) is 11.3 Å². The number of nitrogens with one attached hydrogen (secondary N) is 1. The molecule has 27 heavy (non-hydrogen) atoms. The highest BCUT2D eigenvalue weighted by Crippen LogP contribution is 2.24. The molecule has 0 aliphatic carbocycles. The lowest BCUT2D eigenvalue weighted by Gasteiger charge is -2.26. The largest absolute Gasteiger partial charge is 0.467 e. The molecule has 2 amide bonds. The lowest BCUT2D eigenvalue weighted by Crippen LogP contribution is -2.44. The van der Waals surface area contributed by atoms with Gasteiger partial charge in [0.2, 0.25) is 11.8 Å². The van der Waals surface area contributed by atoms with E-state index in [0.717, 1.165) is 25.1 Å². The minimum Gasteiger partial charge on any atom is -0.467 e. The molecule has 0 spiro atoms. The van der Waals surface area contributed by atoms with Crippen LogP contribution in [0.5, 0.6) is 0 Å². The van der Waals surface area contributed by atoms with E-state index in [1.165, 1.54) is 7.11 Å².